The summed E-state index contributed by atoms with van der Waals surface area (Å²) in [5.74, 6) is 0.393. The van der Waals surface area contributed by atoms with Gasteiger partial charge in [0.05, 0.1) is 22.8 Å². The molecule has 0 amide bonds. The van der Waals surface area contributed by atoms with Crippen molar-refractivity contribution in [2.24, 2.45) is 0 Å². The molecular weight excluding hydrogens is 1080 g/mol. The van der Waals surface area contributed by atoms with Gasteiger partial charge in [-0.15, -0.1) is 34.0 Å². The van der Waals surface area contributed by atoms with Gasteiger partial charge in [-0.25, -0.2) is 4.98 Å². The van der Waals surface area contributed by atoms with E-state index < -0.39 is 11.9 Å². The average Bonchev–Trinajstić information content (AvgIpc) is 4.23. The van der Waals surface area contributed by atoms with Gasteiger partial charge < -0.3 is 20.3 Å². The summed E-state index contributed by atoms with van der Waals surface area (Å²) in [6.07, 6.45) is 13.0. The second-order valence-corrected chi connectivity index (χ2v) is 19.9. The normalized spacial score (nSPS) is 10.9. The topological polar surface area (TPSA) is 127 Å². The number of carbonyl (C=O) groups is 1. The summed E-state index contributed by atoms with van der Waals surface area (Å²) in [6, 6.07) is 28.8. The van der Waals surface area contributed by atoms with Crippen molar-refractivity contribution >= 4 is 68.6 Å². The van der Waals surface area contributed by atoms with Crippen LogP contribution in [0.1, 0.15) is 86.2 Å². The SMILES string of the molecule is CCCCCCc1cc(-c2ccc(-c3cc(C(F)(F)F)n[n-]3)nc2)cs1.CCCCCCc1cc(C)sc1-c1cc(-c2ccnc(-c3cc(OC=O)cc(-c4cc5ccccc5cn4)n3)c2)cs1.[N-]=C=S.[Ru+2]. The second-order valence-electron chi connectivity index (χ2n) is 16.6. The summed E-state index contributed by atoms with van der Waals surface area (Å²) in [7, 11) is 0. The van der Waals surface area contributed by atoms with Crippen molar-refractivity contribution in [3.05, 3.63) is 147 Å². The van der Waals surface area contributed by atoms with E-state index in [1.54, 1.807) is 53.3 Å². The first kappa shape index (κ1) is 55.4. The fourth-order valence-corrected chi connectivity index (χ4v) is 10.9. The minimum atomic E-state index is -4.49. The second kappa shape index (κ2) is 27.2. The third kappa shape index (κ3) is 15.1. The molecule has 0 bridgehead atoms. The van der Waals surface area contributed by atoms with Crippen LogP contribution in [-0.2, 0) is 43.3 Å². The number of carbonyl (C=O) groups excluding carboxylic acids is 1. The molecule has 0 aliphatic carbocycles. The molecule has 1 aromatic carbocycles. The molecule has 0 unspecified atom stereocenters. The van der Waals surface area contributed by atoms with Gasteiger partial charge in [0.25, 0.3) is 6.47 Å². The molecule has 370 valence electrons. The number of aryl methyl sites for hydroxylation is 3. The van der Waals surface area contributed by atoms with E-state index in [1.807, 2.05) is 66.1 Å². The van der Waals surface area contributed by atoms with Crippen LogP contribution in [0.5, 0.6) is 5.75 Å². The maximum atomic E-state index is 12.6. The van der Waals surface area contributed by atoms with Gasteiger partial charge in [-0.05, 0) is 120 Å². The van der Waals surface area contributed by atoms with Crippen molar-refractivity contribution < 1.29 is 42.2 Å². The number of unbranched alkanes of at least 4 members (excludes halogenated alkanes) is 6. The van der Waals surface area contributed by atoms with E-state index in [2.05, 4.69) is 87.1 Å². The molecule has 8 heterocycles. The molecule has 0 aliphatic heterocycles. The minimum absolute atomic E-state index is 0. The number of thiocarbonyl (C=S) groups is 1. The molecule has 0 N–H and O–H groups in total. The van der Waals surface area contributed by atoms with Gasteiger partial charge in [-0.3, -0.25) is 19.7 Å². The third-order valence-corrected chi connectivity index (χ3v) is 14.6. The first-order chi connectivity index (χ1) is 34.5. The molecule has 9 rings (SSSR count). The van der Waals surface area contributed by atoms with Crippen molar-refractivity contribution in [2.45, 2.75) is 91.2 Å². The summed E-state index contributed by atoms with van der Waals surface area (Å²) in [4.78, 5) is 35.0. The molecule has 0 fully saturated rings. The number of isothiocyanates is 1. The molecular formula is C55H50F3N7O2RuS4. The van der Waals surface area contributed by atoms with Gasteiger partial charge in [0.2, 0.25) is 0 Å². The number of benzene rings is 1. The molecule has 0 spiro atoms. The molecule has 0 aliphatic rings. The maximum absolute atomic E-state index is 12.6. The Bertz CT molecular complexity index is 3200. The van der Waals surface area contributed by atoms with Crippen LogP contribution in [0.15, 0.2) is 120 Å². The molecule has 0 radical (unpaired) electrons. The number of aromatic nitrogens is 6. The van der Waals surface area contributed by atoms with E-state index >= 15 is 0 Å². The van der Waals surface area contributed by atoms with Crippen molar-refractivity contribution in [3.63, 3.8) is 0 Å². The van der Waals surface area contributed by atoms with Crippen molar-refractivity contribution in [1.29, 1.82) is 0 Å². The summed E-state index contributed by atoms with van der Waals surface area (Å²) in [5, 5.41) is 21.6. The number of hydrogen-bond acceptors (Lipinski definition) is 11. The Kier molecular flexibility index (Phi) is 20.9. The van der Waals surface area contributed by atoms with Crippen molar-refractivity contribution in [2.75, 3.05) is 0 Å². The minimum Gasteiger partial charge on any atom is -0.753 e. The predicted octanol–water partition coefficient (Wildman–Crippen LogP) is 16.4. The summed E-state index contributed by atoms with van der Waals surface area (Å²) in [5.41, 5.74) is 7.84. The van der Waals surface area contributed by atoms with Gasteiger partial charge in [-0.2, -0.15) is 18.3 Å². The van der Waals surface area contributed by atoms with E-state index in [4.69, 9.17) is 15.1 Å². The van der Waals surface area contributed by atoms with Crippen LogP contribution in [0.25, 0.3) is 82.4 Å². The largest absolute Gasteiger partial charge is 2.00 e. The van der Waals surface area contributed by atoms with Crippen LogP contribution in [0.2, 0.25) is 0 Å². The van der Waals surface area contributed by atoms with E-state index in [1.165, 1.54) is 81.6 Å². The van der Waals surface area contributed by atoms with Crippen LogP contribution < -0.4 is 9.84 Å². The number of pyridine rings is 4. The Labute approximate surface area is 447 Å². The Balaban J connectivity index is 0.000000242. The predicted molar refractivity (Wildman–Crippen MR) is 287 cm³/mol. The number of ether oxygens (including phenoxy) is 1. The number of thiophene rings is 3. The van der Waals surface area contributed by atoms with Gasteiger partial charge in [-0.1, -0.05) is 101 Å². The first-order valence-corrected chi connectivity index (χ1v) is 26.2. The summed E-state index contributed by atoms with van der Waals surface area (Å²) < 4.78 is 43.1. The number of alkyl halides is 3. The zero-order valence-electron chi connectivity index (χ0n) is 39.8. The number of halogens is 3. The molecule has 0 atom stereocenters. The fraction of sp³-hybridized carbons (Fsp3) is 0.255. The zero-order valence-corrected chi connectivity index (χ0v) is 44.8. The molecule has 72 heavy (non-hydrogen) atoms. The van der Waals surface area contributed by atoms with E-state index in [0.29, 0.717) is 40.7 Å². The molecule has 9 aromatic rings. The van der Waals surface area contributed by atoms with Crippen LogP contribution in [-0.4, -0.2) is 36.7 Å². The molecule has 17 heteroatoms. The van der Waals surface area contributed by atoms with E-state index in [0.717, 1.165) is 51.9 Å². The zero-order chi connectivity index (χ0) is 50.2. The van der Waals surface area contributed by atoms with Gasteiger partial charge in [0.1, 0.15) is 11.4 Å². The molecule has 0 saturated carbocycles. The fourth-order valence-electron chi connectivity index (χ4n) is 7.84. The number of fused-ring (bicyclic) bond motifs is 1. The van der Waals surface area contributed by atoms with Crippen LogP contribution in [0.3, 0.4) is 0 Å². The third-order valence-electron chi connectivity index (χ3n) is 11.4. The standard InChI is InChI=1S/C35H31N3O2S2.C19H19F3N3S.CNS.Ru/c1-3-4-5-6-10-26-14-23(2)42-35(26)34-17-28(21-41-34)25-12-13-36-30(16-25)32-18-29(40-22-39)19-33(38-32)31-15-24-9-7-8-11-27(24)20-37-31;1-2-3-4-5-6-15-9-14(12-26-15)13-7-8-16(23-11-13)17-10-18(25-24-17)19(20,21)22;2-1-3;/h7-9,11-22H,3-6,10H2,1-2H3;7-12H,2-6H2,1H3;;/q;2*-1;+2. The smallest absolute Gasteiger partial charge is 0.753 e. The van der Waals surface area contributed by atoms with Gasteiger partial charge >= 0.3 is 25.7 Å². The average molecular weight is 1130 g/mol. The molecule has 9 nitrogen and oxygen atoms in total. The first-order valence-electron chi connectivity index (χ1n) is 23.3. The van der Waals surface area contributed by atoms with Crippen molar-refractivity contribution in [1.82, 2.24) is 30.1 Å². The Hall–Kier alpha value is -5.93. The quantitative estimate of drug-likeness (QED) is 0.0271. The summed E-state index contributed by atoms with van der Waals surface area (Å²) in [6.45, 7) is 7.08. The van der Waals surface area contributed by atoms with E-state index in [9.17, 15) is 18.0 Å². The van der Waals surface area contributed by atoms with Crippen molar-refractivity contribution in [3.8, 4) is 71.9 Å². The number of hydrogen-bond donors (Lipinski definition) is 0. The van der Waals surface area contributed by atoms with Crippen LogP contribution in [0, 0.1) is 6.92 Å². The van der Waals surface area contributed by atoms with Gasteiger partial charge in [0, 0.05) is 66.9 Å². The monoisotopic (exact) mass is 1130 g/mol. The number of rotatable bonds is 18. The molecule has 8 aromatic heterocycles. The van der Waals surface area contributed by atoms with E-state index in [-0.39, 0.29) is 25.2 Å². The Morgan fingerprint density at radius 2 is 1.40 bits per heavy atom. The maximum Gasteiger partial charge on any atom is 2.00 e. The Morgan fingerprint density at radius 1 is 0.722 bits per heavy atom. The van der Waals surface area contributed by atoms with Gasteiger partial charge in [0.15, 0.2) is 0 Å². The molecule has 0 saturated heterocycles. The van der Waals surface area contributed by atoms with Crippen LogP contribution in [0.4, 0.5) is 13.2 Å². The number of nitrogens with zero attached hydrogens (tertiary/aromatic N) is 7. The summed E-state index contributed by atoms with van der Waals surface area (Å²) >= 11 is 9.11. The Morgan fingerprint density at radius 3 is 2.08 bits per heavy atom. The van der Waals surface area contributed by atoms with Crippen LogP contribution >= 0.6 is 46.2 Å².